The molecule has 0 aromatic heterocycles. The quantitative estimate of drug-likeness (QED) is 0.690. The first-order chi connectivity index (χ1) is 10.6. The van der Waals surface area contributed by atoms with Gasteiger partial charge in [-0.05, 0) is 43.6 Å². The minimum Gasteiger partial charge on any atom is -0.344 e. The lowest BCUT2D eigenvalue weighted by Gasteiger charge is -2.21. The Morgan fingerprint density at radius 2 is 1.73 bits per heavy atom. The SMILES string of the molecule is O=C(NCc1ccc(F)cc1)C(=O)NC(=O)C1CCNCC1. The van der Waals surface area contributed by atoms with Crippen molar-refractivity contribution >= 4 is 17.7 Å². The van der Waals surface area contributed by atoms with Gasteiger partial charge in [0.15, 0.2) is 0 Å². The van der Waals surface area contributed by atoms with Crippen molar-refractivity contribution in [2.24, 2.45) is 5.92 Å². The molecule has 1 saturated heterocycles. The van der Waals surface area contributed by atoms with Gasteiger partial charge in [0.25, 0.3) is 0 Å². The number of nitrogens with one attached hydrogen (secondary N) is 3. The van der Waals surface area contributed by atoms with Gasteiger partial charge in [-0.25, -0.2) is 4.39 Å². The fourth-order valence-electron chi connectivity index (χ4n) is 2.22. The van der Waals surface area contributed by atoms with Crippen LogP contribution in [0, 0.1) is 11.7 Å². The van der Waals surface area contributed by atoms with E-state index >= 15 is 0 Å². The first-order valence-corrected chi connectivity index (χ1v) is 7.14. The van der Waals surface area contributed by atoms with E-state index in [-0.39, 0.29) is 18.3 Å². The van der Waals surface area contributed by atoms with Gasteiger partial charge in [0.1, 0.15) is 5.82 Å². The number of piperidine rings is 1. The van der Waals surface area contributed by atoms with Crippen LogP contribution in [-0.2, 0) is 20.9 Å². The highest BCUT2D eigenvalue weighted by molar-refractivity contribution is 6.37. The van der Waals surface area contributed by atoms with Gasteiger partial charge in [0, 0.05) is 12.5 Å². The summed E-state index contributed by atoms with van der Waals surface area (Å²) in [7, 11) is 0. The van der Waals surface area contributed by atoms with Crippen molar-refractivity contribution in [1.82, 2.24) is 16.0 Å². The molecule has 0 bridgehead atoms. The molecule has 1 fully saturated rings. The predicted molar refractivity (Wildman–Crippen MR) is 77.0 cm³/mol. The second kappa shape index (κ2) is 7.65. The molecule has 6 nitrogen and oxygen atoms in total. The molecule has 1 aromatic rings. The van der Waals surface area contributed by atoms with E-state index in [1.807, 2.05) is 0 Å². The van der Waals surface area contributed by atoms with Crippen LogP contribution in [0.1, 0.15) is 18.4 Å². The van der Waals surface area contributed by atoms with Crippen LogP contribution in [-0.4, -0.2) is 30.8 Å². The van der Waals surface area contributed by atoms with Crippen molar-refractivity contribution < 1.29 is 18.8 Å². The molecule has 3 amide bonds. The lowest BCUT2D eigenvalue weighted by molar-refractivity contribution is -0.143. The summed E-state index contributed by atoms with van der Waals surface area (Å²) < 4.78 is 12.7. The highest BCUT2D eigenvalue weighted by Crippen LogP contribution is 2.11. The first-order valence-electron chi connectivity index (χ1n) is 7.14. The Labute approximate surface area is 127 Å². The van der Waals surface area contributed by atoms with Crippen molar-refractivity contribution in [2.75, 3.05) is 13.1 Å². The average molecular weight is 307 g/mol. The van der Waals surface area contributed by atoms with Crippen LogP contribution >= 0.6 is 0 Å². The highest BCUT2D eigenvalue weighted by atomic mass is 19.1. The number of carbonyl (C=O) groups excluding carboxylic acids is 3. The molecule has 1 heterocycles. The van der Waals surface area contributed by atoms with E-state index in [9.17, 15) is 18.8 Å². The molecule has 7 heteroatoms. The third kappa shape index (κ3) is 4.63. The molecule has 3 N–H and O–H groups in total. The van der Waals surface area contributed by atoms with E-state index in [0.717, 1.165) is 13.1 Å². The summed E-state index contributed by atoms with van der Waals surface area (Å²) in [6, 6.07) is 5.55. The molecule has 0 unspecified atom stereocenters. The third-order valence-electron chi connectivity index (χ3n) is 3.52. The molecule has 0 aliphatic carbocycles. The van der Waals surface area contributed by atoms with Crippen LogP contribution in [0.2, 0.25) is 0 Å². The molecule has 22 heavy (non-hydrogen) atoms. The van der Waals surface area contributed by atoms with Gasteiger partial charge in [-0.1, -0.05) is 12.1 Å². The van der Waals surface area contributed by atoms with Gasteiger partial charge in [-0.15, -0.1) is 0 Å². The fraction of sp³-hybridized carbons (Fsp3) is 0.400. The van der Waals surface area contributed by atoms with Crippen LogP contribution < -0.4 is 16.0 Å². The van der Waals surface area contributed by atoms with Gasteiger partial charge in [0.05, 0.1) is 0 Å². The van der Waals surface area contributed by atoms with Crippen molar-refractivity contribution in [3.8, 4) is 0 Å². The number of benzene rings is 1. The summed E-state index contributed by atoms with van der Waals surface area (Å²) in [5, 5.41) is 7.62. The summed E-state index contributed by atoms with van der Waals surface area (Å²) in [5.41, 5.74) is 0.659. The van der Waals surface area contributed by atoms with E-state index < -0.39 is 17.7 Å². The van der Waals surface area contributed by atoms with E-state index in [1.54, 1.807) is 0 Å². The van der Waals surface area contributed by atoms with Crippen LogP contribution in [0.3, 0.4) is 0 Å². The topological polar surface area (TPSA) is 87.3 Å². The molecular formula is C15H18FN3O3. The predicted octanol–water partition coefficient (Wildman–Crippen LogP) is 0.0843. The second-order valence-electron chi connectivity index (χ2n) is 5.15. The molecular weight excluding hydrogens is 289 g/mol. The maximum atomic E-state index is 12.7. The van der Waals surface area contributed by atoms with Crippen molar-refractivity contribution in [3.05, 3.63) is 35.6 Å². The van der Waals surface area contributed by atoms with E-state index in [4.69, 9.17) is 0 Å². The van der Waals surface area contributed by atoms with Crippen LogP contribution in [0.25, 0.3) is 0 Å². The Morgan fingerprint density at radius 3 is 2.36 bits per heavy atom. The molecule has 1 aromatic carbocycles. The summed E-state index contributed by atoms with van der Waals surface area (Å²) in [5.74, 6) is -2.88. The molecule has 0 radical (unpaired) electrons. The Morgan fingerprint density at radius 1 is 1.09 bits per heavy atom. The molecule has 1 aliphatic rings. The zero-order chi connectivity index (χ0) is 15.9. The van der Waals surface area contributed by atoms with Crippen LogP contribution in [0.5, 0.6) is 0 Å². The maximum Gasteiger partial charge on any atom is 0.315 e. The maximum absolute atomic E-state index is 12.7. The fourth-order valence-corrected chi connectivity index (χ4v) is 2.22. The number of amides is 3. The van der Waals surface area contributed by atoms with Crippen LogP contribution in [0.15, 0.2) is 24.3 Å². The van der Waals surface area contributed by atoms with Gasteiger partial charge in [-0.2, -0.15) is 0 Å². The average Bonchev–Trinajstić information content (AvgIpc) is 2.54. The Balaban J connectivity index is 1.77. The number of hydrogen-bond donors (Lipinski definition) is 3. The van der Waals surface area contributed by atoms with Crippen molar-refractivity contribution in [2.45, 2.75) is 19.4 Å². The minimum absolute atomic E-state index is 0.0913. The standard InChI is InChI=1S/C15H18FN3O3/c16-12-3-1-10(2-4-12)9-18-14(21)15(22)19-13(20)11-5-7-17-8-6-11/h1-4,11,17H,5-9H2,(H,18,21)(H,19,20,22). The molecule has 0 saturated carbocycles. The smallest absolute Gasteiger partial charge is 0.315 e. The van der Waals surface area contributed by atoms with Crippen molar-refractivity contribution in [3.63, 3.8) is 0 Å². The number of hydrogen-bond acceptors (Lipinski definition) is 4. The van der Waals surface area contributed by atoms with E-state index in [2.05, 4.69) is 16.0 Å². The van der Waals surface area contributed by atoms with Gasteiger partial charge in [0.2, 0.25) is 5.91 Å². The number of halogens is 1. The first kappa shape index (κ1) is 16.1. The minimum atomic E-state index is -0.967. The summed E-state index contributed by atoms with van der Waals surface area (Å²) in [6.07, 6.45) is 1.30. The molecule has 118 valence electrons. The molecule has 1 aliphatic heterocycles. The molecule has 2 rings (SSSR count). The van der Waals surface area contributed by atoms with E-state index in [1.165, 1.54) is 24.3 Å². The number of rotatable bonds is 3. The number of imide groups is 1. The van der Waals surface area contributed by atoms with Gasteiger partial charge in [-0.3, -0.25) is 19.7 Å². The van der Waals surface area contributed by atoms with Gasteiger partial charge < -0.3 is 10.6 Å². The number of carbonyl (C=O) groups is 3. The Hall–Kier alpha value is -2.28. The Bertz CT molecular complexity index is 554. The van der Waals surface area contributed by atoms with Gasteiger partial charge >= 0.3 is 11.8 Å². The summed E-state index contributed by atoms with van der Waals surface area (Å²) in [6.45, 7) is 1.54. The summed E-state index contributed by atoms with van der Waals surface area (Å²) in [4.78, 5) is 35.1. The lowest BCUT2D eigenvalue weighted by atomic mass is 9.97. The van der Waals surface area contributed by atoms with Crippen LogP contribution in [0.4, 0.5) is 4.39 Å². The monoisotopic (exact) mass is 307 g/mol. The van der Waals surface area contributed by atoms with E-state index in [0.29, 0.717) is 18.4 Å². The highest BCUT2D eigenvalue weighted by Gasteiger charge is 2.24. The normalized spacial score (nSPS) is 15.1. The zero-order valence-corrected chi connectivity index (χ0v) is 12.0. The largest absolute Gasteiger partial charge is 0.344 e. The third-order valence-corrected chi connectivity index (χ3v) is 3.52. The van der Waals surface area contributed by atoms with Crippen molar-refractivity contribution in [1.29, 1.82) is 0 Å². The molecule has 0 atom stereocenters. The Kier molecular flexibility index (Phi) is 5.60. The molecule has 0 spiro atoms. The summed E-state index contributed by atoms with van der Waals surface area (Å²) >= 11 is 0. The lowest BCUT2D eigenvalue weighted by Crippen LogP contribution is -2.46. The second-order valence-corrected chi connectivity index (χ2v) is 5.15. The zero-order valence-electron chi connectivity index (χ0n) is 12.0.